The van der Waals surface area contributed by atoms with Gasteiger partial charge in [-0.15, -0.1) is 0 Å². The van der Waals surface area contributed by atoms with Crippen LogP contribution in [-0.4, -0.2) is 33.2 Å². The van der Waals surface area contributed by atoms with Crippen LogP contribution in [0, 0.1) is 5.82 Å². The molecule has 0 aliphatic heterocycles. The van der Waals surface area contributed by atoms with Crippen molar-refractivity contribution in [3.8, 4) is 0 Å². The zero-order valence-corrected chi connectivity index (χ0v) is 12.8. The van der Waals surface area contributed by atoms with Crippen molar-refractivity contribution in [3.63, 3.8) is 0 Å². The van der Waals surface area contributed by atoms with Crippen LogP contribution in [0.1, 0.15) is 22.6 Å². The van der Waals surface area contributed by atoms with E-state index in [0.29, 0.717) is 36.2 Å². The van der Waals surface area contributed by atoms with E-state index < -0.39 is 11.7 Å². The van der Waals surface area contributed by atoms with E-state index in [0.717, 1.165) is 0 Å². The summed E-state index contributed by atoms with van der Waals surface area (Å²) in [5, 5.41) is 2.58. The van der Waals surface area contributed by atoms with Crippen LogP contribution in [0.4, 0.5) is 4.39 Å². The van der Waals surface area contributed by atoms with E-state index in [9.17, 15) is 14.0 Å². The van der Waals surface area contributed by atoms with Gasteiger partial charge in [-0.25, -0.2) is 9.37 Å². The Labute approximate surface area is 137 Å². The molecular formula is C17H15FN4O2. The first-order valence-corrected chi connectivity index (χ1v) is 7.50. The monoisotopic (exact) mass is 326 g/mol. The average molecular weight is 326 g/mol. The zero-order chi connectivity index (χ0) is 16.9. The van der Waals surface area contributed by atoms with Gasteiger partial charge < -0.3 is 10.3 Å². The van der Waals surface area contributed by atoms with Crippen molar-refractivity contribution in [1.82, 2.24) is 20.3 Å². The molecule has 2 N–H and O–H groups in total. The van der Waals surface area contributed by atoms with Crippen molar-refractivity contribution in [2.45, 2.75) is 12.8 Å². The molecule has 0 bridgehead atoms. The Balaban J connectivity index is 1.49. The zero-order valence-electron chi connectivity index (χ0n) is 12.8. The number of ketones is 1. The van der Waals surface area contributed by atoms with Crippen LogP contribution in [0.15, 0.2) is 42.7 Å². The predicted octanol–water partition coefficient (Wildman–Crippen LogP) is 2.03. The number of halogens is 1. The van der Waals surface area contributed by atoms with Gasteiger partial charge in [0.2, 0.25) is 0 Å². The number of aromatic amines is 1. The Bertz CT molecular complexity index is 877. The number of H-pyrrole nitrogens is 1. The molecule has 0 spiro atoms. The van der Waals surface area contributed by atoms with Crippen molar-refractivity contribution in [2.24, 2.45) is 0 Å². The van der Waals surface area contributed by atoms with Crippen LogP contribution in [0.2, 0.25) is 0 Å². The number of pyridine rings is 1. The second-order valence-electron chi connectivity index (χ2n) is 5.28. The summed E-state index contributed by atoms with van der Waals surface area (Å²) >= 11 is 0. The Morgan fingerprint density at radius 1 is 1.25 bits per heavy atom. The molecule has 1 amide bonds. The highest BCUT2D eigenvalue weighted by Crippen LogP contribution is 2.13. The summed E-state index contributed by atoms with van der Waals surface area (Å²) in [4.78, 5) is 34.8. The number of amides is 1. The van der Waals surface area contributed by atoms with Crippen molar-refractivity contribution in [1.29, 1.82) is 0 Å². The van der Waals surface area contributed by atoms with Gasteiger partial charge >= 0.3 is 0 Å². The van der Waals surface area contributed by atoms with Crippen molar-refractivity contribution >= 4 is 22.7 Å². The third-order valence-electron chi connectivity index (χ3n) is 3.50. The second-order valence-corrected chi connectivity index (χ2v) is 5.28. The largest absolute Gasteiger partial charge is 0.349 e. The highest BCUT2D eigenvalue weighted by molar-refractivity contribution is 6.42. The average Bonchev–Trinajstić information content (AvgIpc) is 3.00. The molecule has 0 atom stereocenters. The third kappa shape index (κ3) is 3.62. The maximum Gasteiger partial charge on any atom is 0.292 e. The number of hydrogen-bond acceptors (Lipinski definition) is 4. The number of nitrogens with zero attached hydrogens (tertiary/aromatic N) is 2. The molecule has 0 unspecified atom stereocenters. The fourth-order valence-corrected chi connectivity index (χ4v) is 2.32. The van der Waals surface area contributed by atoms with Gasteiger partial charge in [0.25, 0.3) is 11.7 Å². The first-order chi connectivity index (χ1) is 11.6. The van der Waals surface area contributed by atoms with Crippen molar-refractivity contribution in [3.05, 3.63) is 59.9 Å². The number of hydrogen-bond donors (Lipinski definition) is 2. The van der Waals surface area contributed by atoms with Gasteiger partial charge in [-0.1, -0.05) is 0 Å². The van der Waals surface area contributed by atoms with E-state index in [1.165, 1.54) is 24.5 Å². The summed E-state index contributed by atoms with van der Waals surface area (Å²) in [6.07, 6.45) is 4.08. The molecular weight excluding hydrogens is 311 g/mol. The minimum absolute atomic E-state index is 0.259. The molecule has 0 aliphatic carbocycles. The van der Waals surface area contributed by atoms with E-state index in [4.69, 9.17) is 0 Å². The standard InChI is InChI=1S/C17H15FN4O2/c18-12-5-6-13-14(9-12)22-15(21-13)4-2-8-20-17(24)16(23)11-3-1-7-19-10-11/h1,3,5-7,9-10H,2,4,8H2,(H,20,24)(H,21,22). The van der Waals surface area contributed by atoms with Gasteiger partial charge in [-0.05, 0) is 36.8 Å². The number of aromatic nitrogens is 3. The highest BCUT2D eigenvalue weighted by atomic mass is 19.1. The van der Waals surface area contributed by atoms with Crippen molar-refractivity contribution in [2.75, 3.05) is 6.54 Å². The van der Waals surface area contributed by atoms with E-state index in [-0.39, 0.29) is 11.4 Å². The van der Waals surface area contributed by atoms with Gasteiger partial charge in [-0.3, -0.25) is 14.6 Å². The number of carbonyl (C=O) groups excluding carboxylic acids is 2. The number of carbonyl (C=O) groups is 2. The quantitative estimate of drug-likeness (QED) is 0.412. The lowest BCUT2D eigenvalue weighted by atomic mass is 10.2. The fourth-order valence-electron chi connectivity index (χ4n) is 2.32. The first-order valence-electron chi connectivity index (χ1n) is 7.50. The number of Topliss-reactive ketones (excluding diaryl/α,β-unsaturated/α-hetero) is 1. The van der Waals surface area contributed by atoms with Gasteiger partial charge in [0.1, 0.15) is 11.6 Å². The second kappa shape index (κ2) is 6.99. The molecule has 0 aliphatic rings. The molecule has 2 heterocycles. The van der Waals surface area contributed by atoms with Crippen LogP contribution >= 0.6 is 0 Å². The van der Waals surface area contributed by atoms with E-state index in [1.807, 2.05) is 0 Å². The molecule has 6 nitrogen and oxygen atoms in total. The minimum Gasteiger partial charge on any atom is -0.349 e. The Morgan fingerprint density at radius 2 is 2.12 bits per heavy atom. The molecule has 7 heteroatoms. The molecule has 3 aromatic rings. The smallest absolute Gasteiger partial charge is 0.292 e. The van der Waals surface area contributed by atoms with Gasteiger partial charge in [0.05, 0.1) is 11.0 Å². The SMILES string of the molecule is O=C(NCCCc1nc2ccc(F)cc2[nH]1)C(=O)c1cccnc1. The Hall–Kier alpha value is -3.09. The number of aryl methyl sites for hydroxylation is 1. The topological polar surface area (TPSA) is 87.7 Å². The lowest BCUT2D eigenvalue weighted by molar-refractivity contribution is -0.117. The number of nitrogens with one attached hydrogen (secondary N) is 2. The van der Waals surface area contributed by atoms with Crippen LogP contribution in [0.25, 0.3) is 11.0 Å². The highest BCUT2D eigenvalue weighted by Gasteiger charge is 2.15. The summed E-state index contributed by atoms with van der Waals surface area (Å²) in [6, 6.07) is 7.50. The summed E-state index contributed by atoms with van der Waals surface area (Å²) in [5.41, 5.74) is 1.59. The number of fused-ring (bicyclic) bond motifs is 1. The van der Waals surface area contributed by atoms with E-state index in [1.54, 1.807) is 18.2 Å². The van der Waals surface area contributed by atoms with Crippen LogP contribution in [0.5, 0.6) is 0 Å². The van der Waals surface area contributed by atoms with Crippen LogP contribution < -0.4 is 5.32 Å². The van der Waals surface area contributed by atoms with Crippen molar-refractivity contribution < 1.29 is 14.0 Å². The van der Waals surface area contributed by atoms with E-state index >= 15 is 0 Å². The van der Waals surface area contributed by atoms with Crippen LogP contribution in [0.3, 0.4) is 0 Å². The fraction of sp³-hybridized carbons (Fsp3) is 0.176. The van der Waals surface area contributed by atoms with Gasteiger partial charge in [0.15, 0.2) is 0 Å². The molecule has 3 rings (SSSR count). The summed E-state index contributed by atoms with van der Waals surface area (Å²) in [7, 11) is 0. The molecule has 24 heavy (non-hydrogen) atoms. The molecule has 0 fully saturated rings. The predicted molar refractivity (Wildman–Crippen MR) is 85.9 cm³/mol. The van der Waals surface area contributed by atoms with E-state index in [2.05, 4.69) is 20.3 Å². The Kier molecular flexibility index (Phi) is 4.60. The number of benzene rings is 1. The summed E-state index contributed by atoms with van der Waals surface area (Å²) in [6.45, 7) is 0.343. The summed E-state index contributed by atoms with van der Waals surface area (Å²) in [5.74, 6) is -0.876. The minimum atomic E-state index is -0.658. The van der Waals surface area contributed by atoms with Gasteiger partial charge in [-0.2, -0.15) is 0 Å². The molecule has 0 saturated heterocycles. The molecule has 0 saturated carbocycles. The number of imidazole rings is 1. The normalized spacial score (nSPS) is 10.7. The maximum absolute atomic E-state index is 13.1. The van der Waals surface area contributed by atoms with Crippen LogP contribution in [-0.2, 0) is 11.2 Å². The molecule has 1 aromatic carbocycles. The number of rotatable bonds is 6. The lowest BCUT2D eigenvalue weighted by Crippen LogP contribution is -2.32. The molecule has 2 aromatic heterocycles. The molecule has 122 valence electrons. The van der Waals surface area contributed by atoms with Gasteiger partial charge in [0, 0.05) is 30.9 Å². The molecule has 0 radical (unpaired) electrons. The lowest BCUT2D eigenvalue weighted by Gasteiger charge is -2.03. The Morgan fingerprint density at radius 3 is 2.92 bits per heavy atom. The third-order valence-corrected chi connectivity index (χ3v) is 3.50. The first kappa shape index (κ1) is 15.8. The maximum atomic E-state index is 13.1. The summed E-state index contributed by atoms with van der Waals surface area (Å²) < 4.78 is 13.1.